The van der Waals surface area contributed by atoms with Gasteiger partial charge in [0.15, 0.2) is 0 Å². The number of hydrogen-bond acceptors (Lipinski definition) is 4. The van der Waals surface area contributed by atoms with Crippen LogP contribution in [0.25, 0.3) is 0 Å². The van der Waals surface area contributed by atoms with Crippen molar-refractivity contribution in [1.29, 1.82) is 0 Å². The summed E-state index contributed by atoms with van der Waals surface area (Å²) in [5.74, 6) is -0.635. The van der Waals surface area contributed by atoms with Crippen molar-refractivity contribution < 1.29 is 14.4 Å². The Morgan fingerprint density at radius 2 is 2.11 bits per heavy atom. The molecule has 1 aliphatic rings. The third kappa shape index (κ3) is 3.96. The number of hydrogen-bond donors (Lipinski definition) is 1. The summed E-state index contributed by atoms with van der Waals surface area (Å²) in [5, 5.41) is 4.44. The molecule has 0 bridgehead atoms. The number of amides is 1. The van der Waals surface area contributed by atoms with Crippen LogP contribution in [0, 0.1) is 0 Å². The fourth-order valence-corrected chi connectivity index (χ4v) is 2.23. The van der Waals surface area contributed by atoms with Crippen LogP contribution >= 0.6 is 15.9 Å². The van der Waals surface area contributed by atoms with E-state index >= 15 is 0 Å². The Labute approximate surface area is 120 Å². The minimum absolute atomic E-state index is 0.0699. The standard InChI is InChI=1S/C13H15BrN2O3/c1-9(17)19-16-7-6-12(8-13(16)18)15-11-4-2-10(14)3-5-11/h2-5,12,15H,6-8H2,1H3. The molecule has 1 unspecified atom stereocenters. The number of halogens is 1. The van der Waals surface area contributed by atoms with Crippen molar-refractivity contribution >= 4 is 33.5 Å². The van der Waals surface area contributed by atoms with Crippen LogP contribution in [-0.2, 0) is 14.4 Å². The summed E-state index contributed by atoms with van der Waals surface area (Å²) in [7, 11) is 0. The molecular weight excluding hydrogens is 312 g/mol. The molecule has 102 valence electrons. The molecule has 1 fully saturated rings. The lowest BCUT2D eigenvalue weighted by Gasteiger charge is -2.30. The third-order valence-corrected chi connectivity index (χ3v) is 3.36. The quantitative estimate of drug-likeness (QED) is 0.926. The van der Waals surface area contributed by atoms with E-state index in [9.17, 15) is 9.59 Å². The van der Waals surface area contributed by atoms with Crippen LogP contribution in [0.5, 0.6) is 0 Å². The van der Waals surface area contributed by atoms with Gasteiger partial charge in [-0.1, -0.05) is 15.9 Å². The van der Waals surface area contributed by atoms with E-state index in [0.717, 1.165) is 21.6 Å². The van der Waals surface area contributed by atoms with Gasteiger partial charge in [-0.2, -0.15) is 5.06 Å². The summed E-state index contributed by atoms with van der Waals surface area (Å²) in [6, 6.07) is 7.86. The number of nitrogens with zero attached hydrogens (tertiary/aromatic N) is 1. The van der Waals surface area contributed by atoms with Crippen molar-refractivity contribution in [2.24, 2.45) is 0 Å². The van der Waals surface area contributed by atoms with Gasteiger partial charge in [0.2, 0.25) is 0 Å². The largest absolute Gasteiger partial charge is 0.382 e. The second-order valence-corrected chi connectivity index (χ2v) is 5.34. The number of anilines is 1. The molecule has 2 rings (SSSR count). The Balaban J connectivity index is 1.89. The summed E-state index contributed by atoms with van der Waals surface area (Å²) in [4.78, 5) is 27.4. The molecule has 0 radical (unpaired) electrons. The Morgan fingerprint density at radius 3 is 2.68 bits per heavy atom. The van der Waals surface area contributed by atoms with Gasteiger partial charge in [-0.05, 0) is 30.7 Å². The van der Waals surface area contributed by atoms with Crippen LogP contribution in [0.1, 0.15) is 19.8 Å². The lowest BCUT2D eigenvalue weighted by molar-refractivity contribution is -0.199. The zero-order valence-corrected chi connectivity index (χ0v) is 12.1. The maximum Gasteiger partial charge on any atom is 0.329 e. The number of piperidine rings is 1. The van der Waals surface area contributed by atoms with Gasteiger partial charge in [-0.25, -0.2) is 0 Å². The molecule has 1 saturated heterocycles. The normalized spacial score (nSPS) is 19.2. The molecule has 1 heterocycles. The first-order valence-corrected chi connectivity index (χ1v) is 6.85. The summed E-state index contributed by atoms with van der Waals surface area (Å²) in [6.07, 6.45) is 1.07. The maximum atomic E-state index is 11.8. The first kappa shape index (κ1) is 13.9. The minimum atomic E-state index is -0.465. The Bertz CT molecular complexity index is 475. The lowest BCUT2D eigenvalue weighted by Crippen LogP contribution is -2.43. The molecular formula is C13H15BrN2O3. The monoisotopic (exact) mass is 326 g/mol. The van der Waals surface area contributed by atoms with Crippen LogP contribution in [0.3, 0.4) is 0 Å². The van der Waals surface area contributed by atoms with Gasteiger partial charge in [0.05, 0.1) is 6.54 Å². The third-order valence-electron chi connectivity index (χ3n) is 2.83. The van der Waals surface area contributed by atoms with Crippen molar-refractivity contribution in [1.82, 2.24) is 5.06 Å². The Hall–Kier alpha value is -1.56. The number of benzene rings is 1. The van der Waals surface area contributed by atoms with Gasteiger partial charge in [-0.3, -0.25) is 9.59 Å². The van der Waals surface area contributed by atoms with Gasteiger partial charge in [0, 0.05) is 29.5 Å². The van der Waals surface area contributed by atoms with Gasteiger partial charge in [-0.15, -0.1) is 0 Å². The number of rotatable bonds is 3. The maximum absolute atomic E-state index is 11.8. The van der Waals surface area contributed by atoms with Crippen molar-refractivity contribution in [3.8, 4) is 0 Å². The average Bonchev–Trinajstić information content (AvgIpc) is 2.35. The molecule has 1 aromatic rings. The first-order valence-electron chi connectivity index (χ1n) is 6.05. The predicted octanol–water partition coefficient (Wildman–Crippen LogP) is 2.33. The van der Waals surface area contributed by atoms with E-state index in [0.29, 0.717) is 13.0 Å². The molecule has 1 amide bonds. The van der Waals surface area contributed by atoms with Crippen molar-refractivity contribution in [2.75, 3.05) is 11.9 Å². The molecule has 0 saturated carbocycles. The molecule has 1 aliphatic heterocycles. The Kier molecular flexibility index (Phi) is 4.42. The number of hydroxylamine groups is 2. The topological polar surface area (TPSA) is 58.6 Å². The van der Waals surface area contributed by atoms with Crippen LogP contribution < -0.4 is 5.32 Å². The second kappa shape index (κ2) is 6.06. The predicted molar refractivity (Wildman–Crippen MR) is 74.3 cm³/mol. The first-order chi connectivity index (χ1) is 9.04. The molecule has 6 heteroatoms. The van der Waals surface area contributed by atoms with Crippen molar-refractivity contribution in [2.45, 2.75) is 25.8 Å². The van der Waals surface area contributed by atoms with E-state index in [1.54, 1.807) is 0 Å². The van der Waals surface area contributed by atoms with Gasteiger partial charge >= 0.3 is 5.97 Å². The zero-order chi connectivity index (χ0) is 13.8. The number of carbonyl (C=O) groups is 2. The van der Waals surface area contributed by atoms with Gasteiger partial charge in [0.1, 0.15) is 0 Å². The zero-order valence-electron chi connectivity index (χ0n) is 10.6. The van der Waals surface area contributed by atoms with E-state index in [-0.39, 0.29) is 11.9 Å². The Morgan fingerprint density at radius 1 is 1.42 bits per heavy atom. The van der Waals surface area contributed by atoms with Crippen LogP contribution in [0.4, 0.5) is 5.69 Å². The highest BCUT2D eigenvalue weighted by Crippen LogP contribution is 2.19. The molecule has 1 atom stereocenters. The average molecular weight is 327 g/mol. The van der Waals surface area contributed by atoms with E-state index in [1.807, 2.05) is 24.3 Å². The number of nitrogens with one attached hydrogen (secondary N) is 1. The van der Waals surface area contributed by atoms with Gasteiger partial charge < -0.3 is 10.2 Å². The highest BCUT2D eigenvalue weighted by Gasteiger charge is 2.27. The van der Waals surface area contributed by atoms with E-state index in [4.69, 9.17) is 4.84 Å². The minimum Gasteiger partial charge on any atom is -0.382 e. The lowest BCUT2D eigenvalue weighted by atomic mass is 10.1. The van der Waals surface area contributed by atoms with Crippen LogP contribution in [0.15, 0.2) is 28.7 Å². The van der Waals surface area contributed by atoms with Crippen molar-refractivity contribution in [3.63, 3.8) is 0 Å². The van der Waals surface area contributed by atoms with Crippen LogP contribution in [-0.4, -0.2) is 29.5 Å². The van der Waals surface area contributed by atoms with E-state index in [1.165, 1.54) is 6.92 Å². The molecule has 1 N–H and O–H groups in total. The molecule has 5 nitrogen and oxygen atoms in total. The highest BCUT2D eigenvalue weighted by molar-refractivity contribution is 9.10. The molecule has 0 aliphatic carbocycles. The molecule has 0 spiro atoms. The molecule has 19 heavy (non-hydrogen) atoms. The fraction of sp³-hybridized carbons (Fsp3) is 0.385. The highest BCUT2D eigenvalue weighted by atomic mass is 79.9. The molecule has 0 aromatic heterocycles. The van der Waals surface area contributed by atoms with Gasteiger partial charge in [0.25, 0.3) is 5.91 Å². The second-order valence-electron chi connectivity index (χ2n) is 4.42. The summed E-state index contributed by atoms with van der Waals surface area (Å²) in [6.45, 7) is 1.71. The summed E-state index contributed by atoms with van der Waals surface area (Å²) in [5.41, 5.74) is 0.974. The van der Waals surface area contributed by atoms with Crippen LogP contribution in [0.2, 0.25) is 0 Å². The summed E-state index contributed by atoms with van der Waals surface area (Å²) < 4.78 is 1.01. The smallest absolute Gasteiger partial charge is 0.329 e. The molecule has 1 aromatic carbocycles. The van der Waals surface area contributed by atoms with E-state index in [2.05, 4.69) is 21.2 Å². The fourth-order valence-electron chi connectivity index (χ4n) is 1.97. The number of carbonyl (C=O) groups excluding carboxylic acids is 2. The SMILES string of the molecule is CC(=O)ON1CCC(Nc2ccc(Br)cc2)CC1=O. The van der Waals surface area contributed by atoms with Crippen molar-refractivity contribution in [3.05, 3.63) is 28.7 Å². The van der Waals surface area contributed by atoms with E-state index < -0.39 is 5.97 Å². The summed E-state index contributed by atoms with van der Waals surface area (Å²) >= 11 is 3.37.